The summed E-state index contributed by atoms with van der Waals surface area (Å²) in [6, 6.07) is 8.53. The van der Waals surface area contributed by atoms with Crippen molar-refractivity contribution in [1.29, 1.82) is 0 Å². The fourth-order valence-corrected chi connectivity index (χ4v) is 3.96. The van der Waals surface area contributed by atoms with Gasteiger partial charge in [0.1, 0.15) is 6.04 Å². The highest BCUT2D eigenvalue weighted by Gasteiger charge is 2.28. The molecule has 26 heavy (non-hydrogen) atoms. The predicted molar refractivity (Wildman–Crippen MR) is 104 cm³/mol. The summed E-state index contributed by atoms with van der Waals surface area (Å²) in [5.74, 6) is 0.486. The number of carbonyl (C=O) groups excluding carboxylic acids is 1. The van der Waals surface area contributed by atoms with Crippen molar-refractivity contribution >= 4 is 11.6 Å². The summed E-state index contributed by atoms with van der Waals surface area (Å²) in [4.78, 5) is 14.9. The van der Waals surface area contributed by atoms with Crippen molar-refractivity contribution in [2.45, 2.75) is 57.7 Å². The Kier molecular flexibility index (Phi) is 6.88. The van der Waals surface area contributed by atoms with Crippen LogP contribution in [0.1, 0.15) is 44.6 Å². The van der Waals surface area contributed by atoms with Crippen LogP contribution in [0.5, 0.6) is 0 Å². The van der Waals surface area contributed by atoms with Crippen LogP contribution in [0.2, 0.25) is 0 Å². The zero-order valence-electron chi connectivity index (χ0n) is 15.7. The van der Waals surface area contributed by atoms with Crippen LogP contribution in [0.3, 0.4) is 0 Å². The average Bonchev–Trinajstić information content (AvgIpc) is 3.15. The summed E-state index contributed by atoms with van der Waals surface area (Å²) in [5.41, 5.74) is 8.69. The molecule has 2 fully saturated rings. The van der Waals surface area contributed by atoms with Gasteiger partial charge >= 0.3 is 0 Å². The van der Waals surface area contributed by atoms with E-state index in [1.165, 1.54) is 5.69 Å². The Morgan fingerprint density at radius 3 is 2.77 bits per heavy atom. The number of aliphatic hydroxyl groups excluding tert-OH is 1. The Hall–Kier alpha value is -1.63. The number of amides is 1. The van der Waals surface area contributed by atoms with Gasteiger partial charge in [0.25, 0.3) is 0 Å². The summed E-state index contributed by atoms with van der Waals surface area (Å²) in [6.07, 6.45) is 5.09. The van der Waals surface area contributed by atoms with E-state index in [1.807, 2.05) is 6.07 Å². The van der Waals surface area contributed by atoms with Gasteiger partial charge in [-0.25, -0.2) is 5.43 Å². The minimum absolute atomic E-state index is 0.0601. The molecule has 3 rings (SSSR count). The Morgan fingerprint density at radius 1 is 1.27 bits per heavy atom. The SMILES string of the molecule is CCCC1CC(C(=O)NCc2ccccc2N2CCC(CO)CC2)NN1. The quantitative estimate of drug-likeness (QED) is 0.594. The molecular weight excluding hydrogens is 328 g/mol. The standard InChI is InChI=1S/C20H32N4O2/c1-2-5-17-12-18(23-22-17)20(26)21-13-16-6-3-4-7-19(16)24-10-8-15(14-25)9-11-24/h3-4,6-7,15,17-18,22-23,25H,2,5,8-14H2,1H3,(H,21,26). The predicted octanol–water partition coefficient (Wildman–Crippen LogP) is 1.55. The first-order valence-corrected chi connectivity index (χ1v) is 9.93. The average molecular weight is 361 g/mol. The summed E-state index contributed by atoms with van der Waals surface area (Å²) < 4.78 is 0. The lowest BCUT2D eigenvalue weighted by Crippen LogP contribution is -2.43. The van der Waals surface area contributed by atoms with Crippen molar-refractivity contribution < 1.29 is 9.90 Å². The normalized spacial score (nSPS) is 24.0. The Bertz CT molecular complexity index is 587. The lowest BCUT2D eigenvalue weighted by molar-refractivity contribution is -0.123. The number of para-hydroxylation sites is 1. The van der Waals surface area contributed by atoms with Crippen molar-refractivity contribution in [3.05, 3.63) is 29.8 Å². The first-order valence-electron chi connectivity index (χ1n) is 9.93. The molecule has 2 heterocycles. The molecule has 6 heteroatoms. The van der Waals surface area contributed by atoms with Crippen molar-refractivity contribution in [3.8, 4) is 0 Å². The van der Waals surface area contributed by atoms with Gasteiger partial charge in [-0.05, 0) is 43.2 Å². The number of carbonyl (C=O) groups is 1. The molecule has 1 aromatic rings. The second kappa shape index (κ2) is 9.35. The van der Waals surface area contributed by atoms with Gasteiger partial charge in [-0.3, -0.25) is 10.2 Å². The van der Waals surface area contributed by atoms with Gasteiger partial charge in [-0.1, -0.05) is 31.5 Å². The van der Waals surface area contributed by atoms with Gasteiger partial charge in [-0.2, -0.15) is 0 Å². The number of benzene rings is 1. The lowest BCUT2D eigenvalue weighted by atomic mass is 9.97. The Morgan fingerprint density at radius 2 is 2.04 bits per heavy atom. The third kappa shape index (κ3) is 4.75. The van der Waals surface area contributed by atoms with Crippen LogP contribution in [0.15, 0.2) is 24.3 Å². The molecule has 0 saturated carbocycles. The second-order valence-electron chi connectivity index (χ2n) is 7.52. The molecule has 2 aliphatic rings. The Labute approximate surface area is 156 Å². The van der Waals surface area contributed by atoms with E-state index in [1.54, 1.807) is 0 Å². The van der Waals surface area contributed by atoms with Gasteiger partial charge in [0, 0.05) is 38.0 Å². The fraction of sp³-hybridized carbons (Fsp3) is 0.650. The molecular formula is C20H32N4O2. The number of anilines is 1. The van der Waals surface area contributed by atoms with Crippen molar-refractivity contribution in [2.75, 3.05) is 24.6 Å². The molecule has 0 bridgehead atoms. The van der Waals surface area contributed by atoms with Gasteiger partial charge in [0.15, 0.2) is 0 Å². The van der Waals surface area contributed by atoms with Crippen LogP contribution < -0.4 is 21.1 Å². The van der Waals surface area contributed by atoms with Crippen LogP contribution in [0, 0.1) is 5.92 Å². The van der Waals surface area contributed by atoms with E-state index in [4.69, 9.17) is 0 Å². The molecule has 144 valence electrons. The maximum Gasteiger partial charge on any atom is 0.238 e. The van der Waals surface area contributed by atoms with Crippen molar-refractivity contribution in [1.82, 2.24) is 16.2 Å². The van der Waals surface area contributed by atoms with Gasteiger partial charge in [0.05, 0.1) is 0 Å². The second-order valence-corrected chi connectivity index (χ2v) is 7.52. The van der Waals surface area contributed by atoms with E-state index in [0.717, 1.165) is 50.8 Å². The molecule has 6 nitrogen and oxygen atoms in total. The number of aliphatic hydroxyl groups is 1. The first kappa shape index (κ1) is 19.1. The van der Waals surface area contributed by atoms with Crippen LogP contribution in [-0.2, 0) is 11.3 Å². The topological polar surface area (TPSA) is 76.6 Å². The minimum Gasteiger partial charge on any atom is -0.396 e. The van der Waals surface area contributed by atoms with E-state index in [9.17, 15) is 9.90 Å². The third-order valence-corrected chi connectivity index (χ3v) is 5.59. The van der Waals surface area contributed by atoms with Crippen LogP contribution in [0.4, 0.5) is 5.69 Å². The summed E-state index contributed by atoms with van der Waals surface area (Å²) in [7, 11) is 0. The molecule has 1 amide bonds. The number of hydrogen-bond donors (Lipinski definition) is 4. The zero-order valence-corrected chi connectivity index (χ0v) is 15.7. The molecule has 2 atom stereocenters. The van der Waals surface area contributed by atoms with Crippen molar-refractivity contribution in [3.63, 3.8) is 0 Å². The number of hydrazine groups is 1. The van der Waals surface area contributed by atoms with Gasteiger partial charge < -0.3 is 15.3 Å². The molecule has 0 aliphatic carbocycles. The van der Waals surface area contributed by atoms with Gasteiger partial charge in [0.2, 0.25) is 5.91 Å². The highest BCUT2D eigenvalue weighted by atomic mass is 16.3. The highest BCUT2D eigenvalue weighted by Crippen LogP contribution is 2.26. The van der Waals surface area contributed by atoms with E-state index in [0.29, 0.717) is 18.5 Å². The summed E-state index contributed by atoms with van der Waals surface area (Å²) in [6.45, 7) is 4.92. The lowest BCUT2D eigenvalue weighted by Gasteiger charge is -2.34. The van der Waals surface area contributed by atoms with E-state index in [-0.39, 0.29) is 18.6 Å². The van der Waals surface area contributed by atoms with E-state index in [2.05, 4.69) is 46.2 Å². The molecule has 1 aromatic carbocycles. The fourth-order valence-electron chi connectivity index (χ4n) is 3.96. The first-order chi connectivity index (χ1) is 12.7. The molecule has 0 radical (unpaired) electrons. The number of nitrogens with one attached hydrogen (secondary N) is 3. The third-order valence-electron chi connectivity index (χ3n) is 5.59. The molecule has 2 aliphatic heterocycles. The van der Waals surface area contributed by atoms with Crippen LogP contribution in [-0.4, -0.2) is 42.8 Å². The van der Waals surface area contributed by atoms with E-state index >= 15 is 0 Å². The summed E-state index contributed by atoms with van der Waals surface area (Å²) >= 11 is 0. The van der Waals surface area contributed by atoms with Crippen LogP contribution >= 0.6 is 0 Å². The number of hydrogen-bond acceptors (Lipinski definition) is 5. The van der Waals surface area contributed by atoms with Crippen LogP contribution in [0.25, 0.3) is 0 Å². The molecule has 4 N–H and O–H groups in total. The molecule has 0 aromatic heterocycles. The van der Waals surface area contributed by atoms with Gasteiger partial charge in [-0.15, -0.1) is 0 Å². The van der Waals surface area contributed by atoms with E-state index < -0.39 is 0 Å². The Balaban J connectivity index is 1.55. The van der Waals surface area contributed by atoms with Crippen molar-refractivity contribution in [2.24, 2.45) is 5.92 Å². The minimum atomic E-state index is -0.154. The molecule has 2 unspecified atom stereocenters. The molecule has 0 spiro atoms. The number of piperidine rings is 1. The smallest absolute Gasteiger partial charge is 0.238 e. The number of rotatable bonds is 7. The summed E-state index contributed by atoms with van der Waals surface area (Å²) in [5, 5.41) is 12.4. The zero-order chi connectivity index (χ0) is 18.4. The monoisotopic (exact) mass is 360 g/mol. The largest absolute Gasteiger partial charge is 0.396 e. The number of nitrogens with zero attached hydrogens (tertiary/aromatic N) is 1. The molecule has 2 saturated heterocycles. The maximum absolute atomic E-state index is 12.5. The maximum atomic E-state index is 12.5. The highest BCUT2D eigenvalue weighted by molar-refractivity contribution is 5.82.